The van der Waals surface area contributed by atoms with Crippen LogP contribution < -0.4 is 15.6 Å². The molecule has 1 heterocycles. The first-order valence-electron chi connectivity index (χ1n) is 9.10. The number of aromatic nitrogens is 1. The molecule has 1 amide bonds. The number of rotatable bonds is 9. The van der Waals surface area contributed by atoms with Crippen molar-refractivity contribution in [3.63, 3.8) is 0 Å². The van der Waals surface area contributed by atoms with Crippen molar-refractivity contribution >= 4 is 21.4 Å². The Hall–Kier alpha value is -2.61. The van der Waals surface area contributed by atoms with Crippen LogP contribution in [0.4, 0.5) is 5.69 Å². The van der Waals surface area contributed by atoms with Gasteiger partial charge in [-0.15, -0.1) is 0 Å². The van der Waals surface area contributed by atoms with Gasteiger partial charge in [0.25, 0.3) is 11.5 Å². The van der Waals surface area contributed by atoms with E-state index in [0.717, 1.165) is 18.2 Å². The molecule has 1 atom stereocenters. The van der Waals surface area contributed by atoms with Gasteiger partial charge in [0, 0.05) is 19.0 Å². The van der Waals surface area contributed by atoms with Crippen LogP contribution in [0.3, 0.4) is 0 Å². The predicted octanol–water partition coefficient (Wildman–Crippen LogP) is 2.42. The van der Waals surface area contributed by atoms with Gasteiger partial charge in [-0.3, -0.25) is 9.59 Å². The van der Waals surface area contributed by atoms with Gasteiger partial charge in [-0.05, 0) is 36.1 Å². The van der Waals surface area contributed by atoms with Gasteiger partial charge < -0.3 is 14.6 Å². The Bertz CT molecular complexity index is 982. The van der Waals surface area contributed by atoms with Crippen molar-refractivity contribution in [2.24, 2.45) is 0 Å². The van der Waals surface area contributed by atoms with Crippen molar-refractivity contribution in [3.8, 4) is 5.75 Å². The number of sulfone groups is 1. The second-order valence-corrected chi connectivity index (χ2v) is 8.99. The number of pyridine rings is 1. The Labute approximate surface area is 165 Å². The number of hydrogen-bond donors (Lipinski definition) is 1. The molecule has 0 fully saturated rings. The Morgan fingerprint density at radius 3 is 2.61 bits per heavy atom. The number of para-hydroxylation sites is 1. The number of ether oxygens (including phenoxy) is 1. The molecule has 1 aromatic heterocycles. The molecule has 2 rings (SSSR count). The number of amides is 1. The van der Waals surface area contributed by atoms with Gasteiger partial charge in [0.1, 0.15) is 21.3 Å². The van der Waals surface area contributed by atoms with Gasteiger partial charge in [0.15, 0.2) is 6.61 Å². The molecule has 152 valence electrons. The molecule has 0 saturated carbocycles. The topological polar surface area (TPSA) is 94.5 Å². The molecule has 1 aromatic carbocycles. The van der Waals surface area contributed by atoms with Gasteiger partial charge in [0.05, 0.1) is 5.75 Å². The monoisotopic (exact) mass is 406 g/mol. The van der Waals surface area contributed by atoms with E-state index in [1.807, 2.05) is 24.3 Å². The molecule has 7 nitrogen and oxygen atoms in total. The lowest BCUT2D eigenvalue weighted by Crippen LogP contribution is -2.29. The fourth-order valence-corrected chi connectivity index (χ4v) is 3.17. The smallest absolute Gasteiger partial charge is 0.274 e. The maximum absolute atomic E-state index is 12.4. The van der Waals surface area contributed by atoms with E-state index in [-0.39, 0.29) is 24.6 Å². The molecule has 0 radical (unpaired) electrons. The lowest BCUT2D eigenvalue weighted by Gasteiger charge is -2.15. The fraction of sp³-hybridized carbons (Fsp3) is 0.400. The summed E-state index contributed by atoms with van der Waals surface area (Å²) >= 11 is 0. The van der Waals surface area contributed by atoms with E-state index in [1.165, 1.54) is 16.8 Å². The van der Waals surface area contributed by atoms with Crippen LogP contribution >= 0.6 is 0 Å². The van der Waals surface area contributed by atoms with Crippen molar-refractivity contribution < 1.29 is 17.9 Å². The number of benzene rings is 1. The van der Waals surface area contributed by atoms with E-state index in [2.05, 4.69) is 19.2 Å². The highest BCUT2D eigenvalue weighted by Gasteiger charge is 2.13. The average molecular weight is 407 g/mol. The number of hydrogen-bond acceptors (Lipinski definition) is 5. The van der Waals surface area contributed by atoms with Gasteiger partial charge >= 0.3 is 0 Å². The summed E-state index contributed by atoms with van der Waals surface area (Å²) in [7, 11) is -3.19. The zero-order valence-electron chi connectivity index (χ0n) is 16.3. The molecule has 0 aliphatic heterocycles. The minimum Gasteiger partial charge on any atom is -0.483 e. The summed E-state index contributed by atoms with van der Waals surface area (Å²) in [6.07, 6.45) is 3.55. The van der Waals surface area contributed by atoms with Crippen LogP contribution in [0.5, 0.6) is 5.75 Å². The summed E-state index contributed by atoms with van der Waals surface area (Å²) in [6, 6.07) is 10.6. The largest absolute Gasteiger partial charge is 0.483 e. The Morgan fingerprint density at radius 2 is 1.93 bits per heavy atom. The molecule has 0 spiro atoms. The minimum absolute atomic E-state index is 0.0279. The van der Waals surface area contributed by atoms with Crippen LogP contribution in [0.25, 0.3) is 0 Å². The molecular formula is C20H26N2O5S. The third-order valence-corrected chi connectivity index (χ3v) is 5.34. The molecule has 0 unspecified atom stereocenters. The van der Waals surface area contributed by atoms with E-state index < -0.39 is 21.3 Å². The SMILES string of the molecule is CC[C@@H](C)c1ccccc1OCC(=O)Nc1cccn(CCS(C)(=O)=O)c1=O. The molecule has 0 bridgehead atoms. The third-order valence-electron chi connectivity index (χ3n) is 4.42. The van der Waals surface area contributed by atoms with Gasteiger partial charge in [-0.2, -0.15) is 0 Å². The second-order valence-electron chi connectivity index (χ2n) is 6.73. The molecule has 2 aromatic rings. The molecule has 8 heteroatoms. The Morgan fingerprint density at radius 1 is 1.21 bits per heavy atom. The number of carbonyl (C=O) groups is 1. The van der Waals surface area contributed by atoms with Crippen molar-refractivity contribution in [1.29, 1.82) is 0 Å². The number of aryl methyl sites for hydroxylation is 1. The van der Waals surface area contributed by atoms with Crippen LogP contribution in [0.2, 0.25) is 0 Å². The van der Waals surface area contributed by atoms with E-state index in [4.69, 9.17) is 4.74 Å². The van der Waals surface area contributed by atoms with E-state index in [1.54, 1.807) is 6.07 Å². The van der Waals surface area contributed by atoms with Crippen LogP contribution in [-0.4, -0.2) is 37.5 Å². The minimum atomic E-state index is -3.19. The van der Waals surface area contributed by atoms with Crippen LogP contribution in [0.1, 0.15) is 31.7 Å². The van der Waals surface area contributed by atoms with Gasteiger partial charge in [0.2, 0.25) is 0 Å². The summed E-state index contributed by atoms with van der Waals surface area (Å²) in [5.41, 5.74) is 0.653. The molecule has 0 saturated heterocycles. The first kappa shape index (κ1) is 21.7. The van der Waals surface area contributed by atoms with Crippen LogP contribution in [0.15, 0.2) is 47.4 Å². The second kappa shape index (κ2) is 9.54. The zero-order valence-corrected chi connectivity index (χ0v) is 17.2. The van der Waals surface area contributed by atoms with Crippen molar-refractivity contribution in [3.05, 3.63) is 58.5 Å². The maximum atomic E-state index is 12.4. The predicted molar refractivity (Wildman–Crippen MR) is 110 cm³/mol. The first-order chi connectivity index (χ1) is 13.2. The standard InChI is InChI=1S/C20H26N2O5S/c1-4-15(2)16-8-5-6-10-18(16)27-14-19(23)21-17-9-7-11-22(20(17)24)12-13-28(3,25)26/h5-11,15H,4,12-14H2,1-3H3,(H,21,23)/t15-/m1/s1. The zero-order chi connectivity index (χ0) is 20.7. The highest BCUT2D eigenvalue weighted by atomic mass is 32.2. The summed E-state index contributed by atoms with van der Waals surface area (Å²) < 4.78 is 29.5. The Balaban J connectivity index is 2.04. The van der Waals surface area contributed by atoms with E-state index in [9.17, 15) is 18.0 Å². The number of carbonyl (C=O) groups excluding carboxylic acids is 1. The van der Waals surface area contributed by atoms with Crippen molar-refractivity contribution in [1.82, 2.24) is 4.57 Å². The molecule has 0 aliphatic rings. The lowest BCUT2D eigenvalue weighted by atomic mass is 9.98. The number of nitrogens with one attached hydrogen (secondary N) is 1. The molecule has 28 heavy (non-hydrogen) atoms. The molecule has 1 N–H and O–H groups in total. The third kappa shape index (κ3) is 6.23. The summed E-state index contributed by atoms with van der Waals surface area (Å²) in [4.78, 5) is 24.6. The highest BCUT2D eigenvalue weighted by Crippen LogP contribution is 2.28. The summed E-state index contributed by atoms with van der Waals surface area (Å²) in [5, 5.41) is 2.53. The average Bonchev–Trinajstić information content (AvgIpc) is 2.66. The van der Waals surface area contributed by atoms with Gasteiger partial charge in [-0.25, -0.2) is 8.42 Å². The van der Waals surface area contributed by atoms with E-state index >= 15 is 0 Å². The summed E-state index contributed by atoms with van der Waals surface area (Å²) in [6.45, 7) is 3.97. The summed E-state index contributed by atoms with van der Waals surface area (Å²) in [5.74, 6) is 0.331. The van der Waals surface area contributed by atoms with Crippen LogP contribution in [-0.2, 0) is 21.2 Å². The van der Waals surface area contributed by atoms with Crippen LogP contribution in [0, 0.1) is 0 Å². The molecule has 0 aliphatic carbocycles. The normalized spacial score (nSPS) is 12.4. The van der Waals surface area contributed by atoms with Crippen molar-refractivity contribution in [2.75, 3.05) is 23.9 Å². The fourth-order valence-electron chi connectivity index (χ4n) is 2.64. The van der Waals surface area contributed by atoms with Gasteiger partial charge in [-0.1, -0.05) is 32.0 Å². The lowest BCUT2D eigenvalue weighted by molar-refractivity contribution is -0.118. The first-order valence-corrected chi connectivity index (χ1v) is 11.2. The highest BCUT2D eigenvalue weighted by molar-refractivity contribution is 7.90. The quantitative estimate of drug-likeness (QED) is 0.690. The van der Waals surface area contributed by atoms with Crippen molar-refractivity contribution in [2.45, 2.75) is 32.7 Å². The maximum Gasteiger partial charge on any atom is 0.274 e. The Kier molecular flexibility index (Phi) is 7.39. The van der Waals surface area contributed by atoms with E-state index in [0.29, 0.717) is 11.7 Å². The number of anilines is 1. The number of nitrogens with zero attached hydrogens (tertiary/aromatic N) is 1. The molecular weight excluding hydrogens is 380 g/mol.